The van der Waals surface area contributed by atoms with Crippen molar-refractivity contribution in [2.24, 2.45) is 0 Å². The molecule has 0 fully saturated rings. The van der Waals surface area contributed by atoms with Crippen LogP contribution in [0.25, 0.3) is 0 Å². The van der Waals surface area contributed by atoms with Crippen molar-refractivity contribution >= 4 is 51.7 Å². The first-order valence-electron chi connectivity index (χ1n) is 22.2. The second kappa shape index (κ2) is 27.5. The molecule has 23 heteroatoms. The fourth-order valence-electron chi connectivity index (χ4n) is 4.20. The summed E-state index contributed by atoms with van der Waals surface area (Å²) in [7, 11) is -8.64. The van der Waals surface area contributed by atoms with Gasteiger partial charge < -0.3 is 52.8 Å². The molecule has 390 valence electrons. The first-order valence-corrected chi connectivity index (χ1v) is 37.4. The zero-order valence-electron chi connectivity index (χ0n) is 46.2. The van der Waals surface area contributed by atoms with E-state index in [-0.39, 0.29) is 62.9 Å². The average Bonchev–Trinajstić information content (AvgIpc) is 3.02. The topological polar surface area (TPSA) is 261 Å². The molecule has 0 saturated carbocycles. The molecule has 0 aromatic carbocycles. The molecule has 0 aliphatic carbocycles. The van der Waals surface area contributed by atoms with Gasteiger partial charge in [-0.25, -0.2) is 9.59 Å². The first-order chi connectivity index (χ1) is 28.2. The van der Waals surface area contributed by atoms with E-state index in [2.05, 4.69) is 146 Å². The van der Waals surface area contributed by atoms with E-state index in [0.29, 0.717) is 0 Å². The van der Waals surface area contributed by atoms with Gasteiger partial charge in [-0.2, -0.15) is 0 Å². The number of aliphatic hydroxyl groups is 2. The number of aldehydes is 1. The van der Waals surface area contributed by atoms with Crippen LogP contribution < -0.4 is 70.6 Å². The maximum absolute atomic E-state index is 12.5. The van der Waals surface area contributed by atoms with Crippen molar-refractivity contribution in [2.75, 3.05) is 19.8 Å². The Morgan fingerprint density at radius 3 is 1.11 bits per heavy atom. The zero-order chi connectivity index (χ0) is 53.0. The van der Waals surface area contributed by atoms with Gasteiger partial charge in [0.05, 0.1) is 44.2 Å². The van der Waals surface area contributed by atoms with E-state index < -0.39 is 114 Å². The number of nitrogens with one attached hydrogen (secondary N) is 2. The van der Waals surface area contributed by atoms with E-state index in [0.717, 1.165) is 6.29 Å². The molecule has 0 radical (unpaired) electrons. The summed E-state index contributed by atoms with van der Waals surface area (Å²) in [5, 5.41) is 25.6. The Kier molecular flexibility index (Phi) is 30.3. The van der Waals surface area contributed by atoms with Gasteiger partial charge in [-0.1, -0.05) is 83.1 Å². The standard InChI is InChI=1S/C22H49NO6Si2.C21H45NO5Si2.HIO4.Na/c1-20(2,3)28-19(26)23-18(16(25)14-24)17(29-31(12,13)22(7,8)9)15-27-30(10,11)21(4,5)6;1-19(2,3)26-18(24)22-16(14-23)17(27-29(12,13)21(7,8)9)15-25-28(10,11)20(4,5)6;2-1(3,4)5;/h16-18,24-25H,14-15H2,1-13H3,(H,23,26);14,16-17H,15H2,1-13H3,(H,22,24);2H;/q;;;+1/t16?,17-,18+;16-,17+;;/m10../s1. The molecule has 0 aliphatic rings. The predicted octanol–water partition coefficient (Wildman–Crippen LogP) is 0.0199. The van der Waals surface area contributed by atoms with E-state index in [1.54, 1.807) is 41.5 Å². The number of hydrogen-bond donors (Lipinski definition) is 5. The molecule has 0 saturated heterocycles. The van der Waals surface area contributed by atoms with Crippen molar-refractivity contribution in [3.63, 3.8) is 0 Å². The molecule has 0 aromatic rings. The molecular weight excluding hydrogens is 1050 g/mol. The van der Waals surface area contributed by atoms with Crippen LogP contribution in [-0.2, 0) is 32.0 Å². The molecule has 0 bridgehead atoms. The van der Waals surface area contributed by atoms with Crippen LogP contribution in [0.2, 0.25) is 72.5 Å². The van der Waals surface area contributed by atoms with Crippen LogP contribution in [-0.4, -0.2) is 127 Å². The normalized spacial score (nSPS) is 16.1. The Morgan fingerprint density at radius 2 is 0.848 bits per heavy atom. The summed E-state index contributed by atoms with van der Waals surface area (Å²) < 4.78 is 69.9. The molecule has 66 heavy (non-hydrogen) atoms. The van der Waals surface area contributed by atoms with E-state index in [1.165, 1.54) is 0 Å². The maximum atomic E-state index is 12.5. The number of carbonyl (C=O) groups excluding carboxylic acids is 3. The van der Waals surface area contributed by atoms with Crippen LogP contribution in [0.15, 0.2) is 0 Å². The van der Waals surface area contributed by atoms with Crippen molar-refractivity contribution in [2.45, 2.75) is 239 Å². The average molecular weight is 1140 g/mol. The number of hydrogen-bond acceptors (Lipinski definition) is 15. The van der Waals surface area contributed by atoms with Crippen molar-refractivity contribution in [3.8, 4) is 0 Å². The largest absolute Gasteiger partial charge is 1.00 e. The van der Waals surface area contributed by atoms with Crippen molar-refractivity contribution in [1.29, 1.82) is 0 Å². The van der Waals surface area contributed by atoms with E-state index in [1.807, 2.05) is 0 Å². The minimum absolute atomic E-state index is 0. The number of alkyl carbamates (subject to hydrolysis) is 2. The summed E-state index contributed by atoms with van der Waals surface area (Å²) in [5.41, 5.74) is -1.34. The summed E-state index contributed by atoms with van der Waals surface area (Å²) >= 11 is -5.69. The molecule has 5 atom stereocenters. The van der Waals surface area contributed by atoms with E-state index in [9.17, 15) is 24.6 Å². The Bertz CT molecular complexity index is 1440. The molecule has 17 nitrogen and oxygen atoms in total. The van der Waals surface area contributed by atoms with Crippen LogP contribution in [0.1, 0.15) is 125 Å². The monoisotopic (exact) mass is 1140 g/mol. The number of halogens is 1. The van der Waals surface area contributed by atoms with Gasteiger partial charge in [-0.05, 0) is 114 Å². The van der Waals surface area contributed by atoms with Crippen molar-refractivity contribution in [3.05, 3.63) is 0 Å². The van der Waals surface area contributed by atoms with Gasteiger partial charge in [0.15, 0.2) is 33.3 Å². The third-order valence-corrected chi connectivity index (χ3v) is 30.3. The third kappa shape index (κ3) is 30.3. The Hall–Kier alpha value is 0.408. The maximum Gasteiger partial charge on any atom is 1.00 e. The minimum atomic E-state index is -5.69. The quantitative estimate of drug-likeness (QED) is 0.0731. The third-order valence-electron chi connectivity index (χ3n) is 12.2. The van der Waals surface area contributed by atoms with Crippen LogP contribution >= 0.6 is 0 Å². The number of aliphatic hydroxyl groups excluding tert-OH is 2. The second-order valence-corrected chi connectivity index (χ2v) is 46.0. The van der Waals surface area contributed by atoms with Gasteiger partial charge in [0.1, 0.15) is 23.5 Å². The fraction of sp³-hybridized carbons (Fsp3) is 0.930. The Morgan fingerprint density at radius 1 is 0.576 bits per heavy atom. The smallest absolute Gasteiger partial charge is 0.444 e. The first kappa shape index (κ1) is 72.9. The number of ether oxygens (including phenoxy) is 2. The number of carbonyl (C=O) groups is 3. The molecule has 5 N–H and O–H groups in total. The molecular formula is C43H95IN2NaO15Si4+. The summed E-state index contributed by atoms with van der Waals surface area (Å²) in [6.07, 6.45) is -3.01. The summed E-state index contributed by atoms with van der Waals surface area (Å²) in [4.78, 5) is 36.7. The molecule has 2 amide bonds. The van der Waals surface area contributed by atoms with E-state index >= 15 is 0 Å². The molecule has 1 unspecified atom stereocenters. The summed E-state index contributed by atoms with van der Waals surface area (Å²) in [6.45, 7) is 53.5. The molecule has 0 aliphatic heterocycles. The number of amides is 2. The Balaban J connectivity index is -0.000000521. The molecule has 0 rings (SSSR count). The molecule has 0 heterocycles. The summed E-state index contributed by atoms with van der Waals surface area (Å²) in [5.74, 6) is 0. The van der Waals surface area contributed by atoms with E-state index in [4.69, 9.17) is 40.9 Å². The SMILES string of the molecule is CC(C)(C)OC(=O)N[C@@H](C(O)CO)[C@@H](CO[Si](C)(C)C(C)(C)C)O[Si](C)(C)C(C)(C)C.CC(C)(C)OC(=O)N[C@@H](C=O)[C@@H](CO[Si](C)(C)C(C)(C)C)O[Si](C)(C)C(C)(C)C.[Na+].[O-][I+3]([O-])([O-])O. The molecule has 0 aromatic heterocycles. The van der Waals surface area contributed by atoms with Crippen LogP contribution in [0, 0.1) is 0 Å². The van der Waals surface area contributed by atoms with Gasteiger partial charge in [0.25, 0.3) is 0 Å². The second-order valence-electron chi connectivity index (χ2n) is 24.6. The van der Waals surface area contributed by atoms with Crippen LogP contribution in [0.3, 0.4) is 0 Å². The van der Waals surface area contributed by atoms with Gasteiger partial charge in [-0.15, -0.1) is 0 Å². The van der Waals surface area contributed by atoms with Gasteiger partial charge in [0.2, 0.25) is 0 Å². The zero-order valence-corrected chi connectivity index (χ0v) is 54.4. The Labute approximate surface area is 432 Å². The van der Waals surface area contributed by atoms with Gasteiger partial charge in [0, 0.05) is 3.44 Å². The molecule has 0 spiro atoms. The summed E-state index contributed by atoms with van der Waals surface area (Å²) in [6, 6.07) is -1.72. The van der Waals surface area contributed by atoms with Crippen LogP contribution in [0.5, 0.6) is 0 Å². The predicted molar refractivity (Wildman–Crippen MR) is 258 cm³/mol. The van der Waals surface area contributed by atoms with Crippen LogP contribution in [0.4, 0.5) is 9.59 Å². The van der Waals surface area contributed by atoms with Gasteiger partial charge in [-0.3, -0.25) is 10.3 Å². The van der Waals surface area contributed by atoms with Crippen molar-refractivity contribution in [1.82, 2.24) is 10.6 Å². The van der Waals surface area contributed by atoms with Gasteiger partial charge >= 0.3 is 61.8 Å². The fourth-order valence-corrected chi connectivity index (χ4v) is 8.88. The number of rotatable bonds is 17. The minimum Gasteiger partial charge on any atom is -0.444 e. The van der Waals surface area contributed by atoms with Crippen molar-refractivity contribution < 1.29 is 115 Å².